The van der Waals surface area contributed by atoms with Crippen molar-refractivity contribution < 1.29 is 17.8 Å². The smallest absolute Gasteiger partial charge is 0.246 e. The van der Waals surface area contributed by atoms with Gasteiger partial charge in [-0.25, -0.2) is 13.6 Å². The first-order valence-corrected chi connectivity index (χ1v) is 7.38. The van der Waals surface area contributed by atoms with Crippen molar-refractivity contribution >= 4 is 16.1 Å². The van der Waals surface area contributed by atoms with Crippen molar-refractivity contribution in [2.45, 2.75) is 11.8 Å². The van der Waals surface area contributed by atoms with Crippen LogP contribution in [0, 0.1) is 10.1 Å². The highest BCUT2D eigenvalue weighted by atomic mass is 32.2. The number of nitro groups is 1. The molecule has 0 radical (unpaired) electrons. The Labute approximate surface area is 120 Å². The molecule has 8 heteroatoms. The lowest BCUT2D eigenvalue weighted by Gasteiger charge is -2.00. The zero-order valence-electron chi connectivity index (χ0n) is 11.0. The zero-order chi connectivity index (χ0) is 15.6. The van der Waals surface area contributed by atoms with Crippen molar-refractivity contribution in [1.29, 1.82) is 0 Å². The van der Waals surface area contributed by atoms with Gasteiger partial charge < -0.3 is 4.42 Å². The Kier molecular flexibility index (Phi) is 3.92. The second-order valence-electron chi connectivity index (χ2n) is 4.31. The molecule has 0 amide bonds. The van der Waals surface area contributed by atoms with Gasteiger partial charge in [0, 0.05) is 12.5 Å². The quantitative estimate of drug-likeness (QED) is 0.686. The molecule has 0 atom stereocenters. The fourth-order valence-corrected chi connectivity index (χ4v) is 2.17. The molecule has 0 fully saturated rings. The van der Waals surface area contributed by atoms with E-state index in [1.165, 1.54) is 25.1 Å². The number of hydrogen-bond donors (Lipinski definition) is 1. The Bertz CT molecular complexity index is 803. The standard InChI is InChI=1S/C13H12N2O5S/c1-9(15(16)17)8-11-4-7-13(20-11)10-2-5-12(6-3-10)21(14,18)19/h2-8H,1H3,(H2,14,18,19). The lowest BCUT2D eigenvalue weighted by Crippen LogP contribution is -2.11. The summed E-state index contributed by atoms with van der Waals surface area (Å²) in [6.45, 7) is 1.36. The molecule has 0 saturated carbocycles. The largest absolute Gasteiger partial charge is 0.456 e. The van der Waals surface area contributed by atoms with Gasteiger partial charge in [0.2, 0.25) is 15.7 Å². The summed E-state index contributed by atoms with van der Waals surface area (Å²) < 4.78 is 27.8. The summed E-state index contributed by atoms with van der Waals surface area (Å²) in [5, 5.41) is 15.5. The third kappa shape index (κ3) is 3.56. The van der Waals surface area contributed by atoms with Crippen LogP contribution in [0.4, 0.5) is 0 Å². The lowest BCUT2D eigenvalue weighted by molar-refractivity contribution is -0.422. The first-order chi connectivity index (χ1) is 9.77. The first kappa shape index (κ1) is 14.9. The molecule has 0 spiro atoms. The van der Waals surface area contributed by atoms with E-state index in [0.717, 1.165) is 0 Å². The second kappa shape index (κ2) is 5.51. The Morgan fingerprint density at radius 1 is 1.24 bits per heavy atom. The summed E-state index contributed by atoms with van der Waals surface area (Å²) in [6, 6.07) is 9.07. The number of nitrogens with two attached hydrogens (primary N) is 1. The van der Waals surface area contributed by atoms with Gasteiger partial charge in [0.05, 0.1) is 15.9 Å². The number of rotatable bonds is 4. The Hall–Kier alpha value is -2.45. The van der Waals surface area contributed by atoms with Gasteiger partial charge in [0.25, 0.3) is 0 Å². The van der Waals surface area contributed by atoms with E-state index in [4.69, 9.17) is 9.56 Å². The van der Waals surface area contributed by atoms with E-state index >= 15 is 0 Å². The molecule has 1 aromatic heterocycles. The number of allylic oxidation sites excluding steroid dienone is 1. The Morgan fingerprint density at radius 2 is 1.86 bits per heavy atom. The molecule has 2 aromatic rings. The summed E-state index contributed by atoms with van der Waals surface area (Å²) in [5.74, 6) is 0.813. The first-order valence-electron chi connectivity index (χ1n) is 5.83. The van der Waals surface area contributed by atoms with Gasteiger partial charge in [-0.15, -0.1) is 0 Å². The molecule has 0 aliphatic heterocycles. The summed E-state index contributed by atoms with van der Waals surface area (Å²) in [6.07, 6.45) is 1.31. The van der Waals surface area contributed by atoms with Gasteiger partial charge in [-0.3, -0.25) is 10.1 Å². The van der Waals surface area contributed by atoms with Crippen LogP contribution < -0.4 is 5.14 Å². The zero-order valence-corrected chi connectivity index (χ0v) is 11.8. The van der Waals surface area contributed by atoms with E-state index in [-0.39, 0.29) is 10.6 Å². The van der Waals surface area contributed by atoms with Crippen molar-refractivity contribution in [1.82, 2.24) is 0 Å². The normalized spacial score (nSPS) is 12.4. The van der Waals surface area contributed by atoms with Crippen molar-refractivity contribution in [2.75, 3.05) is 0 Å². The third-order valence-corrected chi connectivity index (χ3v) is 3.66. The third-order valence-electron chi connectivity index (χ3n) is 2.73. The van der Waals surface area contributed by atoms with Crippen molar-refractivity contribution in [2.24, 2.45) is 5.14 Å². The summed E-state index contributed by atoms with van der Waals surface area (Å²) in [7, 11) is -3.74. The van der Waals surface area contributed by atoms with Crippen LogP contribution in [0.3, 0.4) is 0 Å². The monoisotopic (exact) mass is 308 g/mol. The molecule has 0 bridgehead atoms. The SMILES string of the molecule is CC(=Cc1ccc(-c2ccc(S(N)(=O)=O)cc2)o1)[N+](=O)[O-]. The molecular formula is C13H12N2O5S. The fourth-order valence-electron chi connectivity index (χ4n) is 1.65. The van der Waals surface area contributed by atoms with E-state index in [2.05, 4.69) is 0 Å². The number of primary sulfonamides is 1. The van der Waals surface area contributed by atoms with Gasteiger partial charge in [-0.1, -0.05) is 0 Å². The molecule has 7 nitrogen and oxygen atoms in total. The lowest BCUT2D eigenvalue weighted by atomic mass is 10.2. The Balaban J connectivity index is 2.30. The van der Waals surface area contributed by atoms with Crippen LogP contribution in [-0.2, 0) is 10.0 Å². The maximum absolute atomic E-state index is 11.2. The van der Waals surface area contributed by atoms with Gasteiger partial charge in [-0.2, -0.15) is 0 Å². The highest BCUT2D eigenvalue weighted by Crippen LogP contribution is 2.24. The van der Waals surface area contributed by atoms with Gasteiger partial charge in [-0.05, 0) is 36.4 Å². The van der Waals surface area contributed by atoms with Crippen LogP contribution in [-0.4, -0.2) is 13.3 Å². The average molecular weight is 308 g/mol. The van der Waals surface area contributed by atoms with E-state index in [9.17, 15) is 18.5 Å². The van der Waals surface area contributed by atoms with Gasteiger partial charge in [0.15, 0.2) is 0 Å². The molecule has 2 rings (SSSR count). The minimum absolute atomic E-state index is 0.00196. The summed E-state index contributed by atoms with van der Waals surface area (Å²) in [4.78, 5) is 10.0. The maximum atomic E-state index is 11.2. The van der Waals surface area contributed by atoms with Crippen LogP contribution in [0.2, 0.25) is 0 Å². The van der Waals surface area contributed by atoms with E-state index in [1.54, 1.807) is 24.3 Å². The topological polar surface area (TPSA) is 116 Å². The van der Waals surface area contributed by atoms with Gasteiger partial charge in [0.1, 0.15) is 11.5 Å². The molecule has 0 saturated heterocycles. The van der Waals surface area contributed by atoms with Crippen LogP contribution in [0.25, 0.3) is 17.4 Å². The van der Waals surface area contributed by atoms with Crippen LogP contribution in [0.1, 0.15) is 12.7 Å². The predicted molar refractivity (Wildman–Crippen MR) is 76.2 cm³/mol. The molecular weight excluding hydrogens is 296 g/mol. The van der Waals surface area contributed by atoms with Crippen LogP contribution >= 0.6 is 0 Å². The highest BCUT2D eigenvalue weighted by molar-refractivity contribution is 7.89. The summed E-state index contributed by atoms with van der Waals surface area (Å²) >= 11 is 0. The maximum Gasteiger partial charge on any atom is 0.246 e. The van der Waals surface area contributed by atoms with E-state index in [1.807, 2.05) is 0 Å². The number of hydrogen-bond acceptors (Lipinski definition) is 5. The molecule has 110 valence electrons. The summed E-state index contributed by atoms with van der Waals surface area (Å²) in [5.41, 5.74) is 0.598. The fraction of sp³-hybridized carbons (Fsp3) is 0.0769. The molecule has 1 heterocycles. The molecule has 1 aromatic carbocycles. The number of furan rings is 1. The predicted octanol–water partition coefficient (Wildman–Crippen LogP) is 2.23. The van der Waals surface area contributed by atoms with E-state index < -0.39 is 14.9 Å². The van der Waals surface area contributed by atoms with Crippen molar-refractivity contribution in [3.63, 3.8) is 0 Å². The van der Waals surface area contributed by atoms with E-state index in [0.29, 0.717) is 17.1 Å². The average Bonchev–Trinajstić information content (AvgIpc) is 2.86. The highest BCUT2D eigenvalue weighted by Gasteiger charge is 2.10. The van der Waals surface area contributed by atoms with Crippen molar-refractivity contribution in [3.8, 4) is 11.3 Å². The molecule has 0 unspecified atom stereocenters. The minimum atomic E-state index is -3.74. The van der Waals surface area contributed by atoms with Gasteiger partial charge >= 0.3 is 0 Å². The molecule has 0 aliphatic carbocycles. The molecule has 0 aliphatic rings. The van der Waals surface area contributed by atoms with Crippen LogP contribution in [0.15, 0.2) is 51.4 Å². The number of nitrogens with zero attached hydrogens (tertiary/aromatic N) is 1. The minimum Gasteiger partial charge on any atom is -0.456 e. The Morgan fingerprint density at radius 3 is 2.38 bits per heavy atom. The molecule has 21 heavy (non-hydrogen) atoms. The van der Waals surface area contributed by atoms with Crippen LogP contribution in [0.5, 0.6) is 0 Å². The van der Waals surface area contributed by atoms with Crippen molar-refractivity contribution in [3.05, 3.63) is 58.0 Å². The number of sulfonamides is 1. The second-order valence-corrected chi connectivity index (χ2v) is 5.88. The molecule has 2 N–H and O–H groups in total. The number of benzene rings is 1.